The lowest BCUT2D eigenvalue weighted by molar-refractivity contribution is -0.119. The number of ketones is 1. The molecule has 0 N–H and O–H groups in total. The van der Waals surface area contributed by atoms with E-state index < -0.39 is 19.8 Å². The summed E-state index contributed by atoms with van der Waals surface area (Å²) in [6, 6.07) is 0. The first-order valence-corrected chi connectivity index (χ1v) is 10.6. The van der Waals surface area contributed by atoms with Gasteiger partial charge in [-0.25, -0.2) is 13.4 Å². The number of rotatable bonds is 6. The Balaban J connectivity index is 1.66. The van der Waals surface area contributed by atoms with Crippen LogP contribution in [0, 0.1) is 0 Å². The average Bonchev–Trinajstić information content (AvgIpc) is 3.26. The number of nitrogens with zero attached hydrogens (tertiary/aromatic N) is 3. The van der Waals surface area contributed by atoms with E-state index >= 15 is 0 Å². The van der Waals surface area contributed by atoms with Gasteiger partial charge in [-0.05, 0) is 26.7 Å². The smallest absolute Gasteiger partial charge is 0.165 e. The van der Waals surface area contributed by atoms with E-state index in [0.29, 0.717) is 38.2 Å². The molecule has 3 heterocycles. The fourth-order valence-corrected chi connectivity index (χ4v) is 5.59. The predicted molar refractivity (Wildman–Crippen MR) is 97.2 cm³/mol. The van der Waals surface area contributed by atoms with Crippen LogP contribution in [0.3, 0.4) is 0 Å². The van der Waals surface area contributed by atoms with Crippen molar-refractivity contribution in [3.8, 4) is 0 Å². The topological polar surface area (TPSA) is 98.0 Å². The van der Waals surface area contributed by atoms with E-state index in [1.807, 2.05) is 5.38 Å². The van der Waals surface area contributed by atoms with Crippen molar-refractivity contribution in [3.63, 3.8) is 0 Å². The SMILES string of the molecule is CC(C)(C(=O)CC1=NN=C(c2nccs2)C1)S(=O)(=O)C1CCOCC1. The molecule has 0 spiro atoms. The van der Waals surface area contributed by atoms with Crippen molar-refractivity contribution in [2.24, 2.45) is 10.2 Å². The first-order valence-electron chi connectivity index (χ1n) is 8.19. The van der Waals surface area contributed by atoms with Crippen LogP contribution in [0.2, 0.25) is 0 Å². The van der Waals surface area contributed by atoms with Gasteiger partial charge in [0.2, 0.25) is 0 Å². The molecular weight excluding hydrogens is 362 g/mol. The number of carbonyl (C=O) groups excluding carboxylic acids is 1. The molecule has 0 amide bonds. The molecule has 0 aromatic carbocycles. The minimum atomic E-state index is -3.59. The number of sulfone groups is 1. The highest BCUT2D eigenvalue weighted by atomic mass is 32.2. The predicted octanol–water partition coefficient (Wildman–Crippen LogP) is 2.02. The largest absolute Gasteiger partial charge is 0.381 e. The van der Waals surface area contributed by atoms with Crippen molar-refractivity contribution in [1.29, 1.82) is 0 Å². The molecule has 0 atom stereocenters. The summed E-state index contributed by atoms with van der Waals surface area (Å²) in [5.74, 6) is -0.340. The standard InChI is InChI=1S/C16H21N3O4S2/c1-16(2,25(21,22)12-3-6-23-7-4-12)14(20)10-11-9-13(19-18-11)15-17-5-8-24-15/h5,8,12H,3-4,6-7,9-10H2,1-2H3. The maximum absolute atomic E-state index is 12.9. The van der Waals surface area contributed by atoms with Crippen LogP contribution in [0.4, 0.5) is 0 Å². The zero-order chi connectivity index (χ0) is 18.1. The van der Waals surface area contributed by atoms with Gasteiger partial charge >= 0.3 is 0 Å². The van der Waals surface area contributed by atoms with E-state index in [-0.39, 0.29) is 12.2 Å². The van der Waals surface area contributed by atoms with Crippen LogP contribution >= 0.6 is 11.3 Å². The summed E-state index contributed by atoms with van der Waals surface area (Å²) in [4.78, 5) is 16.9. The van der Waals surface area contributed by atoms with Gasteiger partial charge in [0.1, 0.15) is 15.5 Å². The fourth-order valence-electron chi connectivity index (χ4n) is 2.94. The third-order valence-corrected chi connectivity index (χ3v) is 8.54. The molecule has 9 heteroatoms. The first-order chi connectivity index (χ1) is 11.8. The molecule has 0 bridgehead atoms. The zero-order valence-corrected chi connectivity index (χ0v) is 15.9. The second kappa shape index (κ2) is 7.05. The lowest BCUT2D eigenvalue weighted by Gasteiger charge is -2.31. The Bertz CT molecular complexity index is 804. The summed E-state index contributed by atoms with van der Waals surface area (Å²) < 4.78 is 29.6. The zero-order valence-electron chi connectivity index (χ0n) is 14.3. The highest BCUT2D eigenvalue weighted by Gasteiger charge is 2.46. The summed E-state index contributed by atoms with van der Waals surface area (Å²) in [6.07, 6.45) is 3.00. The fraction of sp³-hybridized carbons (Fsp3) is 0.625. The van der Waals surface area contributed by atoms with Gasteiger partial charge in [0.15, 0.2) is 15.6 Å². The van der Waals surface area contributed by atoms with Crippen LogP contribution in [0.15, 0.2) is 21.8 Å². The van der Waals surface area contributed by atoms with Gasteiger partial charge in [-0.2, -0.15) is 10.2 Å². The minimum Gasteiger partial charge on any atom is -0.381 e. The highest BCUT2D eigenvalue weighted by molar-refractivity contribution is 7.94. The number of hydrogen-bond acceptors (Lipinski definition) is 8. The lowest BCUT2D eigenvalue weighted by atomic mass is 10.0. The van der Waals surface area contributed by atoms with Crippen molar-refractivity contribution in [2.45, 2.75) is 49.5 Å². The van der Waals surface area contributed by atoms with Crippen molar-refractivity contribution in [1.82, 2.24) is 4.98 Å². The minimum absolute atomic E-state index is 0.00613. The van der Waals surface area contributed by atoms with Crippen LogP contribution in [0.1, 0.15) is 44.5 Å². The van der Waals surface area contributed by atoms with Gasteiger partial charge in [0.25, 0.3) is 0 Å². The Hall–Kier alpha value is -1.45. The molecule has 3 rings (SSSR count). The molecule has 1 aromatic heterocycles. The summed E-state index contributed by atoms with van der Waals surface area (Å²) >= 11 is 1.46. The van der Waals surface area contributed by atoms with E-state index in [1.165, 1.54) is 25.2 Å². The summed E-state index contributed by atoms with van der Waals surface area (Å²) in [5.41, 5.74) is 1.31. The number of aromatic nitrogens is 1. The number of Topliss-reactive ketones (excluding diaryl/α,β-unsaturated/α-hetero) is 1. The third-order valence-electron chi connectivity index (χ3n) is 4.72. The van der Waals surface area contributed by atoms with E-state index in [2.05, 4.69) is 15.2 Å². The molecular formula is C16H21N3O4S2. The molecule has 25 heavy (non-hydrogen) atoms. The quantitative estimate of drug-likeness (QED) is 0.748. The van der Waals surface area contributed by atoms with E-state index in [0.717, 1.165) is 10.7 Å². The van der Waals surface area contributed by atoms with E-state index in [1.54, 1.807) is 6.20 Å². The first kappa shape index (κ1) is 18.3. The van der Waals surface area contributed by atoms with Gasteiger partial charge in [-0.1, -0.05) is 0 Å². The monoisotopic (exact) mass is 383 g/mol. The molecule has 7 nitrogen and oxygen atoms in total. The highest BCUT2D eigenvalue weighted by Crippen LogP contribution is 2.30. The van der Waals surface area contributed by atoms with E-state index in [4.69, 9.17) is 4.74 Å². The Labute approximate surface area is 151 Å². The normalized spacial score (nSPS) is 19.6. The Morgan fingerprint density at radius 1 is 1.32 bits per heavy atom. The molecule has 0 unspecified atom stereocenters. The second-order valence-corrected chi connectivity index (χ2v) is 10.4. The van der Waals surface area contributed by atoms with Crippen molar-refractivity contribution >= 4 is 38.4 Å². The molecule has 0 radical (unpaired) electrons. The molecule has 1 saturated heterocycles. The number of hydrogen-bond donors (Lipinski definition) is 0. The van der Waals surface area contributed by atoms with Crippen molar-refractivity contribution < 1.29 is 17.9 Å². The van der Waals surface area contributed by atoms with Gasteiger partial charge in [0.05, 0.1) is 11.0 Å². The Morgan fingerprint density at radius 2 is 2.04 bits per heavy atom. The second-order valence-electron chi connectivity index (χ2n) is 6.69. The summed E-state index contributed by atoms with van der Waals surface area (Å²) in [7, 11) is -3.59. The van der Waals surface area contributed by atoms with Crippen LogP contribution in [0.25, 0.3) is 0 Å². The van der Waals surface area contributed by atoms with Crippen molar-refractivity contribution in [3.05, 3.63) is 16.6 Å². The number of carbonyl (C=O) groups is 1. The molecule has 0 saturated carbocycles. The van der Waals surface area contributed by atoms with Crippen molar-refractivity contribution in [2.75, 3.05) is 13.2 Å². The maximum atomic E-state index is 12.9. The third kappa shape index (κ3) is 3.58. The van der Waals surface area contributed by atoms with Gasteiger partial charge in [0, 0.05) is 37.6 Å². The van der Waals surface area contributed by atoms with Crippen LogP contribution in [-0.4, -0.2) is 53.8 Å². The van der Waals surface area contributed by atoms with Gasteiger partial charge in [-0.3, -0.25) is 4.79 Å². The molecule has 1 fully saturated rings. The number of thiazole rings is 1. The molecule has 0 aliphatic carbocycles. The average molecular weight is 383 g/mol. The molecule has 136 valence electrons. The molecule has 2 aliphatic rings. The lowest BCUT2D eigenvalue weighted by Crippen LogP contribution is -2.48. The molecule has 2 aliphatic heterocycles. The summed E-state index contributed by atoms with van der Waals surface area (Å²) in [5, 5.41) is 10.2. The van der Waals surface area contributed by atoms with Crippen LogP contribution in [0.5, 0.6) is 0 Å². The van der Waals surface area contributed by atoms with Gasteiger partial charge < -0.3 is 4.74 Å². The van der Waals surface area contributed by atoms with Gasteiger partial charge in [-0.15, -0.1) is 11.3 Å². The Morgan fingerprint density at radius 3 is 2.68 bits per heavy atom. The summed E-state index contributed by atoms with van der Waals surface area (Å²) in [6.45, 7) is 3.84. The van der Waals surface area contributed by atoms with E-state index in [9.17, 15) is 13.2 Å². The maximum Gasteiger partial charge on any atom is 0.165 e. The molecule has 1 aromatic rings. The van der Waals surface area contributed by atoms with Crippen LogP contribution in [-0.2, 0) is 19.4 Å². The number of ether oxygens (including phenoxy) is 1. The Kier molecular flexibility index (Phi) is 5.17. The van der Waals surface area contributed by atoms with Crippen LogP contribution < -0.4 is 0 Å².